The van der Waals surface area contributed by atoms with E-state index in [4.69, 9.17) is 9.84 Å². The summed E-state index contributed by atoms with van der Waals surface area (Å²) in [4.78, 5) is 13.1. The molecule has 1 unspecified atom stereocenters. The van der Waals surface area contributed by atoms with Crippen LogP contribution in [0.25, 0.3) is 0 Å². The van der Waals surface area contributed by atoms with Gasteiger partial charge < -0.3 is 9.84 Å². The van der Waals surface area contributed by atoms with E-state index in [2.05, 4.69) is 29.2 Å². The van der Waals surface area contributed by atoms with Gasteiger partial charge in [0.1, 0.15) is 0 Å². The van der Waals surface area contributed by atoms with E-state index in [9.17, 15) is 4.79 Å². The highest BCUT2D eigenvalue weighted by atomic mass is 16.5. The van der Waals surface area contributed by atoms with Gasteiger partial charge in [0.25, 0.3) is 0 Å². The molecule has 1 aromatic carbocycles. The molecule has 4 nitrogen and oxygen atoms in total. The van der Waals surface area contributed by atoms with Gasteiger partial charge in [0.15, 0.2) is 6.10 Å². The number of ether oxygens (including phenoxy) is 1. The van der Waals surface area contributed by atoms with Crippen LogP contribution in [0.5, 0.6) is 0 Å². The van der Waals surface area contributed by atoms with Crippen molar-refractivity contribution < 1.29 is 14.6 Å². The molecule has 1 atom stereocenters. The summed E-state index contributed by atoms with van der Waals surface area (Å²) < 4.78 is 5.53. The maximum Gasteiger partial charge on any atom is 0.332 e. The molecule has 1 N–H and O–H groups in total. The van der Waals surface area contributed by atoms with Crippen molar-refractivity contribution in [1.29, 1.82) is 0 Å². The lowest BCUT2D eigenvalue weighted by atomic mass is 10.1. The molecule has 0 bridgehead atoms. The molecule has 0 amide bonds. The minimum atomic E-state index is -0.883. The molecule has 1 heterocycles. The molecule has 0 spiro atoms. The minimum Gasteiger partial charge on any atom is -0.479 e. The van der Waals surface area contributed by atoms with Crippen LogP contribution in [0.2, 0.25) is 0 Å². The Labute approximate surface area is 114 Å². The van der Waals surface area contributed by atoms with Crippen molar-refractivity contribution in [3.63, 3.8) is 0 Å². The summed E-state index contributed by atoms with van der Waals surface area (Å²) in [5.41, 5.74) is 1.32. The van der Waals surface area contributed by atoms with E-state index in [1.165, 1.54) is 5.56 Å². The summed E-state index contributed by atoms with van der Waals surface area (Å²) in [6, 6.07) is 10.4. The van der Waals surface area contributed by atoms with E-state index in [1.807, 2.05) is 6.07 Å². The smallest absolute Gasteiger partial charge is 0.332 e. The molecule has 19 heavy (non-hydrogen) atoms. The van der Waals surface area contributed by atoms with Crippen LogP contribution >= 0.6 is 0 Å². The Morgan fingerprint density at radius 3 is 2.58 bits per heavy atom. The number of likely N-dealkylation sites (tertiary alicyclic amines) is 1. The lowest BCUT2D eigenvalue weighted by molar-refractivity contribution is -0.154. The van der Waals surface area contributed by atoms with E-state index >= 15 is 0 Å². The fourth-order valence-electron chi connectivity index (χ4n) is 2.39. The minimum absolute atomic E-state index is 0.0816. The van der Waals surface area contributed by atoms with Crippen LogP contribution in [0, 0.1) is 0 Å². The number of hydrogen-bond donors (Lipinski definition) is 1. The number of rotatable bonds is 5. The summed E-state index contributed by atoms with van der Waals surface area (Å²) in [5, 5.41) is 8.82. The average molecular weight is 263 g/mol. The Kier molecular flexibility index (Phi) is 4.93. The highest BCUT2D eigenvalue weighted by molar-refractivity contribution is 5.71. The van der Waals surface area contributed by atoms with Gasteiger partial charge in [-0.25, -0.2) is 4.79 Å². The van der Waals surface area contributed by atoms with Crippen molar-refractivity contribution in [2.24, 2.45) is 0 Å². The van der Waals surface area contributed by atoms with Gasteiger partial charge in [0.05, 0.1) is 6.10 Å². The molecule has 1 aliphatic heterocycles. The second-order valence-corrected chi connectivity index (χ2v) is 5.08. The quantitative estimate of drug-likeness (QED) is 0.884. The number of nitrogens with zero attached hydrogens (tertiary/aromatic N) is 1. The molecule has 0 aromatic heterocycles. The van der Waals surface area contributed by atoms with E-state index in [1.54, 1.807) is 6.92 Å². The fourth-order valence-corrected chi connectivity index (χ4v) is 2.39. The Morgan fingerprint density at radius 1 is 1.37 bits per heavy atom. The topological polar surface area (TPSA) is 49.8 Å². The largest absolute Gasteiger partial charge is 0.479 e. The van der Waals surface area contributed by atoms with Crippen molar-refractivity contribution in [1.82, 2.24) is 4.90 Å². The molecular formula is C15H21NO3. The van der Waals surface area contributed by atoms with Crippen molar-refractivity contribution in [2.45, 2.75) is 38.5 Å². The van der Waals surface area contributed by atoms with Crippen molar-refractivity contribution in [3.05, 3.63) is 35.9 Å². The number of piperidine rings is 1. The van der Waals surface area contributed by atoms with E-state index in [-0.39, 0.29) is 6.10 Å². The Balaban J connectivity index is 1.75. The van der Waals surface area contributed by atoms with Gasteiger partial charge in [-0.2, -0.15) is 0 Å². The predicted molar refractivity (Wildman–Crippen MR) is 72.9 cm³/mol. The molecule has 1 fully saturated rings. The maximum atomic E-state index is 10.7. The molecule has 4 heteroatoms. The first kappa shape index (κ1) is 14.0. The number of carboxylic acids is 1. The monoisotopic (exact) mass is 263 g/mol. The summed E-state index contributed by atoms with van der Waals surface area (Å²) in [6.45, 7) is 4.48. The van der Waals surface area contributed by atoms with Crippen molar-refractivity contribution in [3.8, 4) is 0 Å². The lowest BCUT2D eigenvalue weighted by Gasteiger charge is -2.32. The van der Waals surface area contributed by atoms with Gasteiger partial charge in [-0.05, 0) is 25.3 Å². The van der Waals surface area contributed by atoms with Crippen LogP contribution in [0.15, 0.2) is 30.3 Å². The number of carboxylic acid groups (broad SMARTS) is 1. The third kappa shape index (κ3) is 4.33. The Bertz CT molecular complexity index is 399. The second kappa shape index (κ2) is 6.68. The first-order valence-corrected chi connectivity index (χ1v) is 6.79. The molecular weight excluding hydrogens is 242 g/mol. The standard InChI is InChI=1S/C15H21NO3/c1-12(15(17)18)19-14-7-9-16(10-8-14)11-13-5-3-2-4-6-13/h2-6,12,14H,7-11H2,1H3,(H,17,18). The van der Waals surface area contributed by atoms with Gasteiger partial charge in [-0.3, -0.25) is 4.90 Å². The first-order chi connectivity index (χ1) is 9.15. The molecule has 1 aliphatic rings. The van der Waals surface area contributed by atoms with Crippen molar-refractivity contribution in [2.75, 3.05) is 13.1 Å². The van der Waals surface area contributed by atoms with Crippen molar-refractivity contribution >= 4 is 5.97 Å². The van der Waals surface area contributed by atoms with Gasteiger partial charge in [0, 0.05) is 19.6 Å². The zero-order chi connectivity index (χ0) is 13.7. The Hall–Kier alpha value is -1.39. The highest BCUT2D eigenvalue weighted by Crippen LogP contribution is 2.17. The fraction of sp³-hybridized carbons (Fsp3) is 0.533. The summed E-state index contributed by atoms with van der Waals surface area (Å²) in [5.74, 6) is -0.883. The molecule has 1 saturated heterocycles. The van der Waals surface area contributed by atoms with E-state index < -0.39 is 12.1 Å². The van der Waals surface area contributed by atoms with E-state index in [0.29, 0.717) is 0 Å². The Morgan fingerprint density at radius 2 is 2.00 bits per heavy atom. The van der Waals surface area contributed by atoms with Gasteiger partial charge in [-0.1, -0.05) is 30.3 Å². The summed E-state index contributed by atoms with van der Waals surface area (Å²) in [6.07, 6.45) is 1.19. The SMILES string of the molecule is CC(OC1CCN(Cc2ccccc2)CC1)C(=O)O. The van der Waals surface area contributed by atoms with Gasteiger partial charge in [0.2, 0.25) is 0 Å². The van der Waals surface area contributed by atoms with Crippen LogP contribution in [-0.2, 0) is 16.1 Å². The number of carbonyl (C=O) groups is 1. The van der Waals surface area contributed by atoms with Crippen LogP contribution < -0.4 is 0 Å². The summed E-state index contributed by atoms with van der Waals surface area (Å²) >= 11 is 0. The van der Waals surface area contributed by atoms with E-state index in [0.717, 1.165) is 32.5 Å². The van der Waals surface area contributed by atoms with Crippen LogP contribution in [0.4, 0.5) is 0 Å². The third-order valence-corrected chi connectivity index (χ3v) is 3.53. The molecule has 104 valence electrons. The molecule has 1 aromatic rings. The number of hydrogen-bond acceptors (Lipinski definition) is 3. The average Bonchev–Trinajstić information content (AvgIpc) is 2.42. The van der Waals surface area contributed by atoms with Crippen LogP contribution in [0.1, 0.15) is 25.3 Å². The maximum absolute atomic E-state index is 10.7. The third-order valence-electron chi connectivity index (χ3n) is 3.53. The number of benzene rings is 1. The van der Waals surface area contributed by atoms with Gasteiger partial charge >= 0.3 is 5.97 Å². The highest BCUT2D eigenvalue weighted by Gasteiger charge is 2.23. The van der Waals surface area contributed by atoms with Gasteiger partial charge in [-0.15, -0.1) is 0 Å². The lowest BCUT2D eigenvalue weighted by Crippen LogP contribution is -2.38. The zero-order valence-electron chi connectivity index (χ0n) is 11.3. The molecule has 2 rings (SSSR count). The van der Waals surface area contributed by atoms with Crippen LogP contribution in [0.3, 0.4) is 0 Å². The predicted octanol–water partition coefficient (Wildman–Crippen LogP) is 2.14. The normalized spacial score (nSPS) is 19.2. The second-order valence-electron chi connectivity index (χ2n) is 5.08. The molecule has 0 aliphatic carbocycles. The molecule has 0 radical (unpaired) electrons. The zero-order valence-corrected chi connectivity index (χ0v) is 11.3. The van der Waals surface area contributed by atoms with Crippen LogP contribution in [-0.4, -0.2) is 41.3 Å². The summed E-state index contributed by atoms with van der Waals surface area (Å²) in [7, 11) is 0. The first-order valence-electron chi connectivity index (χ1n) is 6.79. The number of aliphatic carboxylic acids is 1. The molecule has 0 saturated carbocycles.